The molecule has 0 unspecified atom stereocenters. The lowest BCUT2D eigenvalue weighted by Crippen LogP contribution is -2.49. The third kappa shape index (κ3) is 3.69. The normalized spacial score (nSPS) is 20.5. The number of pyridine rings is 2. The Labute approximate surface area is 166 Å². The van der Waals surface area contributed by atoms with Gasteiger partial charge in [0, 0.05) is 54.8 Å². The van der Waals surface area contributed by atoms with Crippen LogP contribution in [0, 0.1) is 5.92 Å². The van der Waals surface area contributed by atoms with Gasteiger partial charge in [-0.3, -0.25) is 19.4 Å². The third-order valence-electron chi connectivity index (χ3n) is 5.38. The fourth-order valence-corrected chi connectivity index (χ4v) is 4.84. The van der Waals surface area contributed by atoms with Gasteiger partial charge in [-0.05, 0) is 30.5 Å². The van der Waals surface area contributed by atoms with Crippen molar-refractivity contribution in [1.29, 1.82) is 0 Å². The Hall–Kier alpha value is -2.61. The fourth-order valence-electron chi connectivity index (χ4n) is 4.21. The molecule has 1 fully saturated rings. The molecule has 0 aliphatic carbocycles. The maximum absolute atomic E-state index is 13.1. The molecule has 7 nitrogen and oxygen atoms in total. The van der Waals surface area contributed by atoms with Gasteiger partial charge in [-0.2, -0.15) is 0 Å². The zero-order valence-electron chi connectivity index (χ0n) is 15.3. The predicted molar refractivity (Wildman–Crippen MR) is 106 cm³/mol. The maximum atomic E-state index is 13.1. The molecule has 1 amide bonds. The van der Waals surface area contributed by atoms with Crippen LogP contribution in [0.25, 0.3) is 11.1 Å². The molecule has 0 spiro atoms. The number of amides is 1. The zero-order valence-corrected chi connectivity index (χ0v) is 16.1. The van der Waals surface area contributed by atoms with Gasteiger partial charge in [-0.1, -0.05) is 6.07 Å². The number of nitrogens with zero attached hydrogens (tertiary/aromatic N) is 3. The lowest BCUT2D eigenvalue weighted by Gasteiger charge is -2.43. The summed E-state index contributed by atoms with van der Waals surface area (Å²) >= 11 is 1.13. The number of carboxylic acid groups (broad SMARTS) is 1. The van der Waals surface area contributed by atoms with Gasteiger partial charge in [0.1, 0.15) is 0 Å². The molecule has 2 aliphatic rings. The van der Waals surface area contributed by atoms with E-state index in [0.29, 0.717) is 25.2 Å². The van der Waals surface area contributed by atoms with E-state index in [1.807, 2.05) is 33.7 Å². The van der Waals surface area contributed by atoms with Crippen molar-refractivity contribution < 1.29 is 14.7 Å². The minimum atomic E-state index is -0.911. The summed E-state index contributed by atoms with van der Waals surface area (Å²) in [5.41, 5.74) is 2.43. The topological polar surface area (TPSA) is 92.5 Å². The highest BCUT2D eigenvalue weighted by Crippen LogP contribution is 2.36. The van der Waals surface area contributed by atoms with E-state index in [1.54, 1.807) is 12.4 Å². The highest BCUT2D eigenvalue weighted by atomic mass is 32.2. The van der Waals surface area contributed by atoms with Crippen LogP contribution in [0.4, 0.5) is 0 Å². The number of likely N-dealkylation sites (tertiary alicyclic amines) is 1. The Morgan fingerprint density at radius 3 is 2.79 bits per heavy atom. The molecule has 2 aliphatic heterocycles. The quantitative estimate of drug-likeness (QED) is 0.822. The molecule has 2 atom stereocenters. The van der Waals surface area contributed by atoms with Gasteiger partial charge in [0.15, 0.2) is 0 Å². The van der Waals surface area contributed by atoms with Crippen molar-refractivity contribution >= 4 is 23.6 Å². The Kier molecular flexibility index (Phi) is 5.21. The highest BCUT2D eigenvalue weighted by molar-refractivity contribution is 8.00. The Morgan fingerprint density at radius 1 is 1.18 bits per heavy atom. The molecule has 2 aromatic rings. The van der Waals surface area contributed by atoms with Gasteiger partial charge >= 0.3 is 5.97 Å². The first-order chi connectivity index (χ1) is 13.5. The first kappa shape index (κ1) is 18.7. The number of hydrogen-bond acceptors (Lipinski definition) is 5. The number of fused-ring (bicyclic) bond motifs is 4. The average Bonchev–Trinajstić information content (AvgIpc) is 2.69. The lowest BCUT2D eigenvalue weighted by atomic mass is 9.83. The van der Waals surface area contributed by atoms with Gasteiger partial charge < -0.3 is 14.6 Å². The van der Waals surface area contributed by atoms with Crippen LogP contribution in [-0.2, 0) is 16.1 Å². The molecule has 28 heavy (non-hydrogen) atoms. The third-order valence-corrected chi connectivity index (χ3v) is 6.28. The maximum Gasteiger partial charge on any atom is 0.313 e. The van der Waals surface area contributed by atoms with Gasteiger partial charge in [0.2, 0.25) is 5.91 Å². The number of aromatic nitrogens is 2. The second-order valence-corrected chi connectivity index (χ2v) is 8.30. The molecule has 0 aromatic carbocycles. The molecule has 0 saturated carbocycles. The van der Waals surface area contributed by atoms with Crippen molar-refractivity contribution in [2.24, 2.45) is 5.92 Å². The van der Waals surface area contributed by atoms with Crippen LogP contribution in [0.1, 0.15) is 18.0 Å². The van der Waals surface area contributed by atoms with Crippen molar-refractivity contribution in [1.82, 2.24) is 14.5 Å². The average molecular weight is 399 g/mol. The van der Waals surface area contributed by atoms with Crippen LogP contribution in [0.3, 0.4) is 0 Å². The number of aliphatic carboxylic acids is 1. The minimum Gasteiger partial charge on any atom is -0.481 e. The highest BCUT2D eigenvalue weighted by Gasteiger charge is 2.36. The number of thioether (sulfide) groups is 1. The molecule has 2 bridgehead atoms. The second kappa shape index (κ2) is 7.79. The summed E-state index contributed by atoms with van der Waals surface area (Å²) in [5.74, 6) is -0.451. The van der Waals surface area contributed by atoms with E-state index in [0.717, 1.165) is 29.4 Å². The second-order valence-electron chi connectivity index (χ2n) is 7.31. The zero-order chi connectivity index (χ0) is 19.7. The van der Waals surface area contributed by atoms with Crippen LogP contribution in [0.15, 0.2) is 41.5 Å². The van der Waals surface area contributed by atoms with Gasteiger partial charge in [0.25, 0.3) is 5.56 Å². The van der Waals surface area contributed by atoms with Crippen LogP contribution >= 0.6 is 11.8 Å². The van der Waals surface area contributed by atoms with Gasteiger partial charge in [-0.15, -0.1) is 11.8 Å². The Morgan fingerprint density at radius 2 is 2.04 bits per heavy atom. The van der Waals surface area contributed by atoms with Crippen LogP contribution < -0.4 is 5.56 Å². The Balaban J connectivity index is 1.54. The molecular formula is C20H21N3O4S. The predicted octanol–water partition coefficient (Wildman–Crippen LogP) is 1.67. The van der Waals surface area contributed by atoms with Crippen molar-refractivity contribution in [3.05, 3.63) is 52.7 Å². The number of rotatable bonds is 5. The summed E-state index contributed by atoms with van der Waals surface area (Å²) in [7, 11) is 0. The summed E-state index contributed by atoms with van der Waals surface area (Å²) in [5, 5.41) is 8.73. The molecule has 4 heterocycles. The van der Waals surface area contributed by atoms with E-state index in [9.17, 15) is 14.4 Å². The molecule has 8 heteroatoms. The van der Waals surface area contributed by atoms with Crippen molar-refractivity contribution in [2.75, 3.05) is 24.6 Å². The smallest absolute Gasteiger partial charge is 0.313 e. The van der Waals surface area contributed by atoms with Crippen molar-refractivity contribution in [3.8, 4) is 11.1 Å². The van der Waals surface area contributed by atoms with E-state index in [4.69, 9.17) is 5.11 Å². The monoisotopic (exact) mass is 399 g/mol. The molecule has 146 valence electrons. The fraction of sp³-hybridized carbons (Fsp3) is 0.400. The summed E-state index contributed by atoms with van der Waals surface area (Å²) in [4.78, 5) is 42.1. The first-order valence-electron chi connectivity index (χ1n) is 9.24. The van der Waals surface area contributed by atoms with Crippen molar-refractivity contribution in [2.45, 2.75) is 18.9 Å². The lowest BCUT2D eigenvalue weighted by molar-refractivity contribution is -0.133. The number of carboxylic acids is 1. The summed E-state index contributed by atoms with van der Waals surface area (Å²) < 4.78 is 1.86. The van der Waals surface area contributed by atoms with Crippen LogP contribution in [0.2, 0.25) is 0 Å². The Bertz CT molecular complexity index is 960. The summed E-state index contributed by atoms with van der Waals surface area (Å²) in [6.45, 7) is 1.80. The summed E-state index contributed by atoms with van der Waals surface area (Å²) in [6.07, 6.45) is 4.35. The van der Waals surface area contributed by atoms with Crippen molar-refractivity contribution in [3.63, 3.8) is 0 Å². The SMILES string of the molecule is O=C(O)CSCC(=O)N1C[C@@H]2C[C@H](C1)c1ccc(-c3cccnc3)c(=O)n1C2. The molecule has 2 aromatic heterocycles. The van der Waals surface area contributed by atoms with E-state index in [2.05, 4.69) is 4.98 Å². The molecular weight excluding hydrogens is 378 g/mol. The number of carbonyl (C=O) groups is 2. The van der Waals surface area contributed by atoms with E-state index < -0.39 is 5.97 Å². The van der Waals surface area contributed by atoms with E-state index in [-0.39, 0.29) is 34.8 Å². The van der Waals surface area contributed by atoms with E-state index in [1.165, 1.54) is 0 Å². The molecule has 1 N–H and O–H groups in total. The molecule has 1 saturated heterocycles. The van der Waals surface area contributed by atoms with E-state index >= 15 is 0 Å². The van der Waals surface area contributed by atoms with Gasteiger partial charge in [0.05, 0.1) is 11.5 Å². The standard InChI is InChI=1S/C20H21N3O4S/c24-18(11-28-12-19(25)26)22-8-13-6-15(10-22)17-4-3-16(20(27)23(17)9-13)14-2-1-5-21-7-14/h1-5,7,13,15H,6,8-12H2,(H,25,26)/t13-,15+/m0/s1. The minimum absolute atomic E-state index is 0.00279. The molecule has 0 radical (unpaired) electrons. The summed E-state index contributed by atoms with van der Waals surface area (Å²) in [6, 6.07) is 7.56. The number of hydrogen-bond donors (Lipinski definition) is 1. The van der Waals surface area contributed by atoms with Crippen LogP contribution in [0.5, 0.6) is 0 Å². The number of carbonyl (C=O) groups excluding carboxylic acids is 1. The van der Waals surface area contributed by atoms with Gasteiger partial charge in [-0.25, -0.2) is 0 Å². The number of piperidine rings is 1. The molecule has 4 rings (SSSR count). The first-order valence-corrected chi connectivity index (χ1v) is 10.4. The van der Waals surface area contributed by atoms with Crippen LogP contribution in [-0.4, -0.2) is 56.0 Å². The largest absolute Gasteiger partial charge is 0.481 e.